The Labute approximate surface area is 162 Å². The molecule has 2 aromatic carbocycles. The molecule has 7 nitrogen and oxygen atoms in total. The van der Waals surface area contributed by atoms with Crippen LogP contribution in [0, 0.1) is 20.8 Å². The first kappa shape index (κ1) is 17.8. The van der Waals surface area contributed by atoms with Crippen LogP contribution in [0.1, 0.15) is 27.4 Å². The number of anilines is 3. The van der Waals surface area contributed by atoms with Crippen LogP contribution in [-0.4, -0.2) is 22.7 Å². The van der Waals surface area contributed by atoms with Gasteiger partial charge in [-0.3, -0.25) is 4.79 Å². The Kier molecular flexibility index (Phi) is 4.57. The Morgan fingerprint density at radius 3 is 2.50 bits per heavy atom. The maximum Gasteiger partial charge on any atom is 0.274 e. The number of benzene rings is 2. The zero-order valence-corrected chi connectivity index (χ0v) is 15.9. The van der Waals surface area contributed by atoms with E-state index in [-0.39, 0.29) is 18.4 Å². The van der Waals surface area contributed by atoms with Gasteiger partial charge in [0.25, 0.3) is 5.91 Å². The van der Waals surface area contributed by atoms with Gasteiger partial charge in [0.15, 0.2) is 11.5 Å². The zero-order valence-electron chi connectivity index (χ0n) is 15.9. The van der Waals surface area contributed by atoms with Gasteiger partial charge in [-0.25, -0.2) is 9.97 Å². The van der Waals surface area contributed by atoms with Gasteiger partial charge in [-0.2, -0.15) is 0 Å². The first-order valence-electron chi connectivity index (χ1n) is 8.89. The fourth-order valence-corrected chi connectivity index (χ4v) is 3.06. The van der Waals surface area contributed by atoms with Crippen molar-refractivity contribution < 1.29 is 14.3 Å². The van der Waals surface area contributed by atoms with Gasteiger partial charge in [0.05, 0.1) is 0 Å². The summed E-state index contributed by atoms with van der Waals surface area (Å²) in [6.45, 7) is 5.99. The Balaban J connectivity index is 1.57. The number of amides is 1. The third-order valence-corrected chi connectivity index (χ3v) is 4.44. The first-order valence-corrected chi connectivity index (χ1v) is 8.89. The lowest BCUT2D eigenvalue weighted by atomic mass is 10.1. The monoisotopic (exact) mass is 376 g/mol. The van der Waals surface area contributed by atoms with Crippen LogP contribution in [0.5, 0.6) is 11.5 Å². The number of carbonyl (C=O) groups is 1. The lowest BCUT2D eigenvalue weighted by molar-refractivity contribution is 0.102. The summed E-state index contributed by atoms with van der Waals surface area (Å²) in [7, 11) is 0. The summed E-state index contributed by atoms with van der Waals surface area (Å²) in [5, 5.41) is 6.14. The number of rotatable bonds is 4. The molecule has 4 rings (SSSR count). The van der Waals surface area contributed by atoms with E-state index in [1.165, 1.54) is 0 Å². The predicted octanol–water partition coefficient (Wildman–Crippen LogP) is 4.13. The van der Waals surface area contributed by atoms with Crippen molar-refractivity contribution in [1.82, 2.24) is 9.97 Å². The normalized spacial score (nSPS) is 12.0. The number of ether oxygens (including phenoxy) is 2. The summed E-state index contributed by atoms with van der Waals surface area (Å²) in [6.07, 6.45) is 0. The highest BCUT2D eigenvalue weighted by Crippen LogP contribution is 2.34. The van der Waals surface area contributed by atoms with Crippen molar-refractivity contribution in [2.75, 3.05) is 17.4 Å². The van der Waals surface area contributed by atoms with Crippen LogP contribution in [0.15, 0.2) is 42.5 Å². The third kappa shape index (κ3) is 3.59. The third-order valence-electron chi connectivity index (χ3n) is 4.44. The molecule has 0 fully saturated rings. The molecule has 3 aromatic rings. The highest BCUT2D eigenvalue weighted by molar-refractivity contribution is 6.03. The average Bonchev–Trinajstić information content (AvgIpc) is 3.12. The predicted molar refractivity (Wildman–Crippen MR) is 106 cm³/mol. The van der Waals surface area contributed by atoms with Crippen LogP contribution in [0.3, 0.4) is 0 Å². The van der Waals surface area contributed by atoms with Crippen LogP contribution in [0.2, 0.25) is 0 Å². The fourth-order valence-electron chi connectivity index (χ4n) is 3.06. The number of nitrogens with one attached hydrogen (secondary N) is 2. The van der Waals surface area contributed by atoms with Gasteiger partial charge in [0.2, 0.25) is 6.79 Å². The average molecular weight is 376 g/mol. The van der Waals surface area contributed by atoms with Crippen molar-refractivity contribution in [3.05, 3.63) is 65.1 Å². The maximum atomic E-state index is 12.7. The number of para-hydroxylation sites is 1. The second-order valence-electron chi connectivity index (χ2n) is 6.60. The van der Waals surface area contributed by atoms with Gasteiger partial charge >= 0.3 is 0 Å². The molecule has 0 atom stereocenters. The molecule has 0 bridgehead atoms. The lowest BCUT2D eigenvalue weighted by Crippen LogP contribution is -2.15. The molecule has 142 valence electrons. The molecule has 1 aliphatic heterocycles. The van der Waals surface area contributed by atoms with E-state index in [1.807, 2.05) is 32.0 Å². The first-order chi connectivity index (χ1) is 13.5. The Hall–Kier alpha value is -3.61. The van der Waals surface area contributed by atoms with Gasteiger partial charge in [-0.15, -0.1) is 0 Å². The highest BCUT2D eigenvalue weighted by atomic mass is 16.7. The fraction of sp³-hybridized carbons (Fsp3) is 0.190. The zero-order chi connectivity index (χ0) is 19.7. The van der Waals surface area contributed by atoms with Crippen molar-refractivity contribution in [2.24, 2.45) is 0 Å². The molecule has 28 heavy (non-hydrogen) atoms. The summed E-state index contributed by atoms with van der Waals surface area (Å²) in [5.74, 6) is 2.02. The topological polar surface area (TPSA) is 85.4 Å². The van der Waals surface area contributed by atoms with E-state index < -0.39 is 0 Å². The van der Waals surface area contributed by atoms with Crippen LogP contribution in [-0.2, 0) is 0 Å². The van der Waals surface area contributed by atoms with Crippen molar-refractivity contribution in [3.63, 3.8) is 0 Å². The quantitative estimate of drug-likeness (QED) is 0.712. The summed E-state index contributed by atoms with van der Waals surface area (Å²) >= 11 is 0. The number of aryl methyl sites for hydroxylation is 3. The molecule has 0 spiro atoms. The number of hydrogen-bond donors (Lipinski definition) is 2. The molecule has 1 amide bonds. The molecule has 0 saturated carbocycles. The molecule has 2 heterocycles. The second-order valence-corrected chi connectivity index (χ2v) is 6.60. The molecule has 1 aliphatic rings. The van der Waals surface area contributed by atoms with Crippen LogP contribution < -0.4 is 20.1 Å². The summed E-state index contributed by atoms with van der Waals surface area (Å²) in [6, 6.07) is 12.9. The van der Waals surface area contributed by atoms with Crippen molar-refractivity contribution in [2.45, 2.75) is 20.8 Å². The molecule has 2 N–H and O–H groups in total. The molecule has 1 aromatic heterocycles. The maximum absolute atomic E-state index is 12.7. The Morgan fingerprint density at radius 2 is 1.71 bits per heavy atom. The molecule has 0 aliphatic carbocycles. The smallest absolute Gasteiger partial charge is 0.274 e. The molecule has 0 radical (unpaired) electrons. The largest absolute Gasteiger partial charge is 0.454 e. The van der Waals surface area contributed by atoms with Crippen LogP contribution >= 0.6 is 0 Å². The minimum absolute atomic E-state index is 0.186. The van der Waals surface area contributed by atoms with Crippen molar-refractivity contribution in [3.8, 4) is 11.5 Å². The van der Waals surface area contributed by atoms with Gasteiger partial charge < -0.3 is 20.1 Å². The standard InChI is InChI=1S/C21H20N4O3/c1-12-5-4-6-13(2)20(12)25-19-10-16(22-14(3)23-19)21(26)24-15-7-8-17-18(9-15)28-11-27-17/h4-10H,11H2,1-3H3,(H,24,26)(H,22,23,25). The van der Waals surface area contributed by atoms with E-state index in [0.29, 0.717) is 28.8 Å². The van der Waals surface area contributed by atoms with E-state index in [0.717, 1.165) is 16.8 Å². The number of nitrogens with zero attached hydrogens (tertiary/aromatic N) is 2. The van der Waals surface area contributed by atoms with E-state index in [1.54, 1.807) is 31.2 Å². The van der Waals surface area contributed by atoms with Gasteiger partial charge in [-0.05, 0) is 44.0 Å². The Bertz CT molecular complexity index is 1050. The van der Waals surface area contributed by atoms with E-state index in [4.69, 9.17) is 9.47 Å². The van der Waals surface area contributed by atoms with E-state index in [9.17, 15) is 4.79 Å². The lowest BCUT2D eigenvalue weighted by Gasteiger charge is -2.13. The number of hydrogen-bond acceptors (Lipinski definition) is 6. The van der Waals surface area contributed by atoms with Gasteiger partial charge in [0, 0.05) is 23.5 Å². The minimum Gasteiger partial charge on any atom is -0.454 e. The van der Waals surface area contributed by atoms with Crippen molar-refractivity contribution in [1.29, 1.82) is 0 Å². The molecule has 0 saturated heterocycles. The van der Waals surface area contributed by atoms with Gasteiger partial charge in [-0.1, -0.05) is 18.2 Å². The summed E-state index contributed by atoms with van der Waals surface area (Å²) in [5.41, 5.74) is 4.06. The SMILES string of the molecule is Cc1nc(Nc2c(C)cccc2C)cc(C(=O)Nc2ccc3c(c2)OCO3)n1. The molecular formula is C21H20N4O3. The van der Waals surface area contributed by atoms with E-state index >= 15 is 0 Å². The molecule has 7 heteroatoms. The number of aromatic nitrogens is 2. The summed E-state index contributed by atoms with van der Waals surface area (Å²) in [4.78, 5) is 21.4. The van der Waals surface area contributed by atoms with Crippen molar-refractivity contribution >= 4 is 23.1 Å². The number of fused-ring (bicyclic) bond motifs is 1. The summed E-state index contributed by atoms with van der Waals surface area (Å²) < 4.78 is 10.6. The van der Waals surface area contributed by atoms with Crippen LogP contribution in [0.25, 0.3) is 0 Å². The molecule has 0 unspecified atom stereocenters. The highest BCUT2D eigenvalue weighted by Gasteiger charge is 2.16. The van der Waals surface area contributed by atoms with E-state index in [2.05, 4.69) is 20.6 Å². The second kappa shape index (κ2) is 7.19. The number of carbonyl (C=O) groups excluding carboxylic acids is 1. The Morgan fingerprint density at radius 1 is 0.964 bits per heavy atom. The van der Waals surface area contributed by atoms with Crippen LogP contribution in [0.4, 0.5) is 17.2 Å². The minimum atomic E-state index is -0.325. The van der Waals surface area contributed by atoms with Gasteiger partial charge in [0.1, 0.15) is 17.3 Å². The molecular weight excluding hydrogens is 356 g/mol.